The number of hydrogen-bond donors (Lipinski definition) is 2. The van der Waals surface area contributed by atoms with Crippen LogP contribution >= 0.6 is 0 Å². The predicted octanol–water partition coefficient (Wildman–Crippen LogP) is 2.92. The standard InChI is InChI=1S/C20H15NO4/c22-17-13-8-4-5-9-14(13)18(23)16-15(17)19(24)21(20(16)25)11-10-12-6-2-1-3-7-12/h1-9,24-25H,10-11H2. The maximum Gasteiger partial charge on any atom is 0.206 e. The lowest BCUT2D eigenvalue weighted by Crippen LogP contribution is -2.19. The summed E-state index contributed by atoms with van der Waals surface area (Å²) in [5.41, 5.74) is 1.28. The Balaban J connectivity index is 1.78. The van der Waals surface area contributed by atoms with Crippen LogP contribution in [0.4, 0.5) is 0 Å². The van der Waals surface area contributed by atoms with E-state index in [9.17, 15) is 19.8 Å². The number of hydrogen-bond acceptors (Lipinski definition) is 4. The first-order valence-corrected chi connectivity index (χ1v) is 7.96. The van der Waals surface area contributed by atoms with Crippen LogP contribution in [0.15, 0.2) is 54.6 Å². The summed E-state index contributed by atoms with van der Waals surface area (Å²) in [7, 11) is 0. The van der Waals surface area contributed by atoms with Gasteiger partial charge in [0.1, 0.15) is 0 Å². The highest BCUT2D eigenvalue weighted by molar-refractivity contribution is 6.30. The fourth-order valence-electron chi connectivity index (χ4n) is 3.27. The minimum atomic E-state index is -0.448. The van der Waals surface area contributed by atoms with Crippen molar-refractivity contribution in [1.29, 1.82) is 0 Å². The quantitative estimate of drug-likeness (QED) is 0.604. The van der Waals surface area contributed by atoms with E-state index in [1.165, 1.54) is 4.57 Å². The van der Waals surface area contributed by atoms with Crippen molar-refractivity contribution in [2.24, 2.45) is 0 Å². The zero-order valence-electron chi connectivity index (χ0n) is 13.3. The normalized spacial score (nSPS) is 12.8. The van der Waals surface area contributed by atoms with E-state index in [1.54, 1.807) is 24.3 Å². The SMILES string of the molecule is O=C1c2ccccc2C(=O)c2c1c(O)n(CCc1ccccc1)c2O. The van der Waals surface area contributed by atoms with Crippen LogP contribution in [0.2, 0.25) is 0 Å². The lowest BCUT2D eigenvalue weighted by atomic mass is 9.86. The summed E-state index contributed by atoms with van der Waals surface area (Å²) in [5, 5.41) is 21.0. The van der Waals surface area contributed by atoms with Crippen LogP contribution in [0.1, 0.15) is 37.4 Å². The van der Waals surface area contributed by atoms with E-state index in [0.717, 1.165) is 5.56 Å². The van der Waals surface area contributed by atoms with Crippen LogP contribution in [0, 0.1) is 0 Å². The van der Waals surface area contributed by atoms with E-state index < -0.39 is 11.6 Å². The summed E-state index contributed by atoms with van der Waals surface area (Å²) in [6, 6.07) is 16.0. The molecule has 0 saturated carbocycles. The van der Waals surface area contributed by atoms with Gasteiger partial charge < -0.3 is 10.2 Å². The van der Waals surface area contributed by atoms with Gasteiger partial charge in [0, 0.05) is 17.7 Å². The van der Waals surface area contributed by atoms with Crippen LogP contribution in [-0.4, -0.2) is 26.3 Å². The van der Waals surface area contributed by atoms with Gasteiger partial charge in [-0.1, -0.05) is 54.6 Å². The fraction of sp³-hybridized carbons (Fsp3) is 0.100. The highest BCUT2D eigenvalue weighted by Crippen LogP contribution is 2.40. The molecule has 3 aromatic rings. The van der Waals surface area contributed by atoms with Crippen LogP contribution in [0.5, 0.6) is 11.8 Å². The molecule has 0 radical (unpaired) electrons. The number of benzene rings is 2. The zero-order valence-corrected chi connectivity index (χ0v) is 13.3. The number of carbonyl (C=O) groups is 2. The molecule has 25 heavy (non-hydrogen) atoms. The summed E-state index contributed by atoms with van der Waals surface area (Å²) in [6.45, 7) is 0.256. The molecule has 1 aliphatic rings. The Labute approximate surface area is 143 Å². The monoisotopic (exact) mass is 333 g/mol. The first-order chi connectivity index (χ1) is 12.1. The number of aromatic nitrogens is 1. The van der Waals surface area contributed by atoms with Gasteiger partial charge in [0.05, 0.1) is 11.1 Å². The molecule has 2 N–H and O–H groups in total. The van der Waals surface area contributed by atoms with Crippen molar-refractivity contribution < 1.29 is 19.8 Å². The Kier molecular flexibility index (Phi) is 3.42. The molecule has 1 aliphatic carbocycles. The van der Waals surface area contributed by atoms with Crippen molar-refractivity contribution in [2.75, 3.05) is 0 Å². The van der Waals surface area contributed by atoms with Crippen molar-refractivity contribution in [2.45, 2.75) is 13.0 Å². The maximum atomic E-state index is 12.7. The summed E-state index contributed by atoms with van der Waals surface area (Å²) in [5.74, 6) is -1.62. The summed E-state index contributed by atoms with van der Waals surface area (Å²) < 4.78 is 1.22. The zero-order chi connectivity index (χ0) is 17.6. The van der Waals surface area contributed by atoms with Crippen molar-refractivity contribution in [3.63, 3.8) is 0 Å². The molecule has 0 saturated heterocycles. The number of ketones is 2. The summed E-state index contributed by atoms with van der Waals surface area (Å²) >= 11 is 0. The number of aryl methyl sites for hydroxylation is 1. The fourth-order valence-corrected chi connectivity index (χ4v) is 3.27. The van der Waals surface area contributed by atoms with Gasteiger partial charge in [-0.25, -0.2) is 0 Å². The van der Waals surface area contributed by atoms with Crippen LogP contribution in [0.3, 0.4) is 0 Å². The third-order valence-corrected chi connectivity index (χ3v) is 4.55. The second-order valence-corrected chi connectivity index (χ2v) is 5.99. The van der Waals surface area contributed by atoms with E-state index in [0.29, 0.717) is 6.42 Å². The lowest BCUT2D eigenvalue weighted by Gasteiger charge is -2.13. The van der Waals surface area contributed by atoms with Crippen molar-refractivity contribution >= 4 is 11.6 Å². The van der Waals surface area contributed by atoms with E-state index in [4.69, 9.17) is 0 Å². The Morgan fingerprint density at radius 1 is 0.720 bits per heavy atom. The third-order valence-electron chi connectivity index (χ3n) is 4.55. The van der Waals surface area contributed by atoms with Gasteiger partial charge >= 0.3 is 0 Å². The number of carbonyl (C=O) groups excluding carboxylic acids is 2. The average Bonchev–Trinajstić information content (AvgIpc) is 2.90. The number of nitrogens with zero attached hydrogens (tertiary/aromatic N) is 1. The molecule has 1 heterocycles. The molecular weight excluding hydrogens is 318 g/mol. The molecule has 0 fully saturated rings. The molecule has 0 atom stereocenters. The molecule has 4 rings (SSSR count). The van der Waals surface area contributed by atoms with Crippen molar-refractivity contribution in [3.8, 4) is 11.8 Å². The lowest BCUT2D eigenvalue weighted by molar-refractivity contribution is 0.0976. The number of aromatic hydroxyl groups is 2. The molecule has 5 nitrogen and oxygen atoms in total. The Bertz CT molecular complexity index is 944. The Morgan fingerprint density at radius 2 is 1.20 bits per heavy atom. The Morgan fingerprint density at radius 3 is 1.72 bits per heavy atom. The Hall–Kier alpha value is -3.34. The van der Waals surface area contributed by atoms with E-state index in [2.05, 4.69) is 0 Å². The minimum Gasteiger partial charge on any atom is -0.494 e. The van der Waals surface area contributed by atoms with Crippen LogP contribution in [0.25, 0.3) is 0 Å². The van der Waals surface area contributed by atoms with E-state index in [1.807, 2.05) is 30.3 Å². The van der Waals surface area contributed by atoms with Crippen molar-refractivity contribution in [1.82, 2.24) is 4.57 Å². The second kappa shape index (κ2) is 5.63. The first-order valence-electron chi connectivity index (χ1n) is 7.96. The summed E-state index contributed by atoms with van der Waals surface area (Å²) in [6.07, 6.45) is 0.546. The van der Waals surface area contributed by atoms with Crippen LogP contribution < -0.4 is 0 Å². The highest BCUT2D eigenvalue weighted by Gasteiger charge is 2.38. The van der Waals surface area contributed by atoms with Gasteiger partial charge in [-0.3, -0.25) is 14.2 Å². The average molecular weight is 333 g/mol. The van der Waals surface area contributed by atoms with E-state index >= 15 is 0 Å². The molecular formula is C20H15NO4. The summed E-state index contributed by atoms with van der Waals surface area (Å²) in [4.78, 5) is 25.4. The molecule has 0 unspecified atom stereocenters. The highest BCUT2D eigenvalue weighted by atomic mass is 16.3. The largest absolute Gasteiger partial charge is 0.494 e. The molecule has 124 valence electrons. The minimum absolute atomic E-state index is 0.116. The van der Waals surface area contributed by atoms with Gasteiger partial charge in [-0.15, -0.1) is 0 Å². The van der Waals surface area contributed by atoms with Gasteiger partial charge in [0.15, 0.2) is 11.6 Å². The molecule has 0 aliphatic heterocycles. The molecule has 1 aromatic heterocycles. The third kappa shape index (κ3) is 2.24. The molecule has 0 bridgehead atoms. The topological polar surface area (TPSA) is 79.5 Å². The number of rotatable bonds is 3. The van der Waals surface area contributed by atoms with Crippen molar-refractivity contribution in [3.05, 3.63) is 82.4 Å². The molecule has 5 heteroatoms. The molecule has 0 spiro atoms. The predicted molar refractivity (Wildman–Crippen MR) is 91.2 cm³/mol. The number of fused-ring (bicyclic) bond motifs is 2. The van der Waals surface area contributed by atoms with E-state index in [-0.39, 0.29) is 40.6 Å². The van der Waals surface area contributed by atoms with Gasteiger partial charge in [-0.2, -0.15) is 0 Å². The van der Waals surface area contributed by atoms with Gasteiger partial charge in [0.25, 0.3) is 0 Å². The van der Waals surface area contributed by atoms with Crippen LogP contribution in [-0.2, 0) is 13.0 Å². The van der Waals surface area contributed by atoms with Gasteiger partial charge in [-0.05, 0) is 12.0 Å². The van der Waals surface area contributed by atoms with Gasteiger partial charge in [0.2, 0.25) is 11.8 Å². The second-order valence-electron chi connectivity index (χ2n) is 5.99. The smallest absolute Gasteiger partial charge is 0.206 e. The molecule has 2 aromatic carbocycles. The molecule has 0 amide bonds. The maximum absolute atomic E-state index is 12.7. The first kappa shape index (κ1) is 15.2.